The summed E-state index contributed by atoms with van der Waals surface area (Å²) in [4.78, 5) is 11.6. The van der Waals surface area contributed by atoms with Crippen molar-refractivity contribution >= 4 is 43.5 Å². The van der Waals surface area contributed by atoms with Gasteiger partial charge in [0.2, 0.25) is 10.0 Å². The Morgan fingerprint density at radius 3 is 2.63 bits per heavy atom. The standard InChI is InChI=1S/C11H13BrClNO4S/c1-2-3-4-18-11(15)8-5-7(19(14,16)17)6-9(12)10(8)13/h5-6H,2-4H2,1H3,(H2,14,16,17). The average Bonchev–Trinajstić information content (AvgIpc) is 2.31. The highest BCUT2D eigenvalue weighted by Gasteiger charge is 2.19. The second kappa shape index (κ2) is 6.69. The maximum absolute atomic E-state index is 11.8. The Bertz CT molecular complexity index is 589. The van der Waals surface area contributed by atoms with E-state index in [0.29, 0.717) is 0 Å². The summed E-state index contributed by atoms with van der Waals surface area (Å²) in [7, 11) is -3.92. The number of halogens is 2. The van der Waals surface area contributed by atoms with E-state index in [1.165, 1.54) is 6.07 Å². The van der Waals surface area contributed by atoms with Gasteiger partial charge in [-0.25, -0.2) is 18.4 Å². The Balaban J connectivity index is 3.13. The van der Waals surface area contributed by atoms with Crippen molar-refractivity contribution in [3.63, 3.8) is 0 Å². The zero-order valence-corrected chi connectivity index (χ0v) is 13.3. The van der Waals surface area contributed by atoms with Crippen molar-refractivity contribution in [2.45, 2.75) is 24.7 Å². The summed E-state index contributed by atoms with van der Waals surface area (Å²) in [6.07, 6.45) is 1.60. The number of hydrogen-bond donors (Lipinski definition) is 1. The maximum Gasteiger partial charge on any atom is 0.339 e. The van der Waals surface area contributed by atoms with Crippen LogP contribution in [-0.2, 0) is 14.8 Å². The minimum atomic E-state index is -3.92. The van der Waals surface area contributed by atoms with Crippen LogP contribution < -0.4 is 5.14 Å². The molecular weight excluding hydrogens is 358 g/mol. The molecule has 0 unspecified atom stereocenters. The lowest BCUT2D eigenvalue weighted by molar-refractivity contribution is 0.0499. The van der Waals surface area contributed by atoms with E-state index in [2.05, 4.69) is 15.9 Å². The molecule has 5 nitrogen and oxygen atoms in total. The summed E-state index contributed by atoms with van der Waals surface area (Å²) in [6, 6.07) is 2.34. The lowest BCUT2D eigenvalue weighted by Gasteiger charge is -2.09. The smallest absolute Gasteiger partial charge is 0.339 e. The molecule has 0 heterocycles. The van der Waals surface area contributed by atoms with Gasteiger partial charge in [0.15, 0.2) is 0 Å². The van der Waals surface area contributed by atoms with Gasteiger partial charge in [-0.2, -0.15) is 0 Å². The number of hydrogen-bond acceptors (Lipinski definition) is 4. The van der Waals surface area contributed by atoms with Gasteiger partial charge in [0.05, 0.1) is 22.1 Å². The molecule has 0 atom stereocenters. The molecule has 0 fully saturated rings. The zero-order chi connectivity index (χ0) is 14.6. The maximum atomic E-state index is 11.8. The Morgan fingerprint density at radius 2 is 2.11 bits per heavy atom. The molecule has 0 bridgehead atoms. The molecule has 0 aromatic heterocycles. The van der Waals surface area contributed by atoms with Gasteiger partial charge in [0, 0.05) is 4.47 Å². The van der Waals surface area contributed by atoms with E-state index in [0.717, 1.165) is 18.9 Å². The number of carbonyl (C=O) groups is 1. The Labute approximate surface area is 125 Å². The van der Waals surface area contributed by atoms with Crippen molar-refractivity contribution < 1.29 is 17.9 Å². The molecule has 0 aliphatic rings. The van der Waals surface area contributed by atoms with Gasteiger partial charge in [-0.1, -0.05) is 24.9 Å². The third-order valence-corrected chi connectivity index (χ3v) is 4.43. The van der Waals surface area contributed by atoms with Crippen LogP contribution >= 0.6 is 27.5 Å². The predicted octanol–water partition coefficient (Wildman–Crippen LogP) is 2.71. The Kier molecular flexibility index (Phi) is 5.79. The fourth-order valence-electron chi connectivity index (χ4n) is 1.26. The Hall–Kier alpha value is -0.630. The molecule has 0 aliphatic heterocycles. The summed E-state index contributed by atoms with van der Waals surface area (Å²) >= 11 is 9.02. The lowest BCUT2D eigenvalue weighted by atomic mass is 10.2. The predicted molar refractivity (Wildman–Crippen MR) is 75.7 cm³/mol. The van der Waals surface area contributed by atoms with Gasteiger partial charge in [0.1, 0.15) is 0 Å². The number of carbonyl (C=O) groups excluding carboxylic acids is 1. The first-order valence-corrected chi connectivity index (χ1v) is 8.18. The second-order valence-electron chi connectivity index (χ2n) is 3.80. The summed E-state index contributed by atoms with van der Waals surface area (Å²) in [5.41, 5.74) is -0.0313. The minimum absolute atomic E-state index is 0.0313. The van der Waals surface area contributed by atoms with Crippen LogP contribution in [0.1, 0.15) is 30.1 Å². The first-order chi connectivity index (χ1) is 8.77. The highest BCUT2D eigenvalue weighted by Crippen LogP contribution is 2.30. The molecule has 0 spiro atoms. The van der Waals surface area contributed by atoms with Gasteiger partial charge in [0.25, 0.3) is 0 Å². The van der Waals surface area contributed by atoms with E-state index in [1.54, 1.807) is 0 Å². The van der Waals surface area contributed by atoms with Crippen molar-refractivity contribution in [2.24, 2.45) is 5.14 Å². The number of unbranched alkanes of at least 4 members (excludes halogenated alkanes) is 1. The van der Waals surface area contributed by atoms with Crippen molar-refractivity contribution in [3.8, 4) is 0 Å². The van der Waals surface area contributed by atoms with Gasteiger partial charge in [-0.15, -0.1) is 0 Å². The van der Waals surface area contributed by atoms with Crippen molar-refractivity contribution in [3.05, 3.63) is 27.2 Å². The van der Waals surface area contributed by atoms with Crippen LogP contribution in [0.3, 0.4) is 0 Å². The topological polar surface area (TPSA) is 86.5 Å². The van der Waals surface area contributed by atoms with E-state index in [-0.39, 0.29) is 26.6 Å². The zero-order valence-electron chi connectivity index (χ0n) is 10.2. The molecule has 19 heavy (non-hydrogen) atoms. The fourth-order valence-corrected chi connectivity index (χ4v) is 2.63. The third kappa shape index (κ3) is 4.45. The van der Waals surface area contributed by atoms with Crippen molar-refractivity contribution in [1.29, 1.82) is 0 Å². The van der Waals surface area contributed by atoms with Crippen molar-refractivity contribution in [1.82, 2.24) is 0 Å². The normalized spacial score (nSPS) is 11.4. The highest BCUT2D eigenvalue weighted by atomic mass is 79.9. The molecule has 8 heteroatoms. The number of primary sulfonamides is 1. The van der Waals surface area contributed by atoms with Gasteiger partial charge in [-0.05, 0) is 34.5 Å². The lowest BCUT2D eigenvalue weighted by Crippen LogP contribution is -2.14. The van der Waals surface area contributed by atoms with Gasteiger partial charge in [-0.3, -0.25) is 0 Å². The molecule has 0 amide bonds. The van der Waals surface area contributed by atoms with E-state index in [1.807, 2.05) is 6.92 Å². The Morgan fingerprint density at radius 1 is 1.47 bits per heavy atom. The van der Waals surface area contributed by atoms with E-state index in [9.17, 15) is 13.2 Å². The van der Waals surface area contributed by atoms with Crippen LogP contribution in [0.5, 0.6) is 0 Å². The number of nitrogens with two attached hydrogens (primary N) is 1. The van der Waals surface area contributed by atoms with E-state index in [4.69, 9.17) is 21.5 Å². The number of ether oxygens (including phenoxy) is 1. The van der Waals surface area contributed by atoms with E-state index < -0.39 is 16.0 Å². The minimum Gasteiger partial charge on any atom is -0.462 e. The van der Waals surface area contributed by atoms with E-state index >= 15 is 0 Å². The molecule has 106 valence electrons. The summed E-state index contributed by atoms with van der Waals surface area (Å²) < 4.78 is 27.8. The number of sulfonamides is 1. The van der Waals surface area contributed by atoms with Crippen LogP contribution in [-0.4, -0.2) is 21.0 Å². The molecule has 1 aromatic carbocycles. The molecule has 0 saturated heterocycles. The summed E-state index contributed by atoms with van der Waals surface area (Å²) in [5, 5.41) is 5.11. The van der Waals surface area contributed by atoms with Crippen LogP contribution in [0.4, 0.5) is 0 Å². The van der Waals surface area contributed by atoms with Crippen LogP contribution in [0.25, 0.3) is 0 Å². The quantitative estimate of drug-likeness (QED) is 0.638. The second-order valence-corrected chi connectivity index (χ2v) is 6.59. The third-order valence-electron chi connectivity index (χ3n) is 2.28. The molecule has 1 rings (SSSR count). The summed E-state index contributed by atoms with van der Waals surface area (Å²) in [5.74, 6) is -0.676. The first-order valence-electron chi connectivity index (χ1n) is 5.46. The van der Waals surface area contributed by atoms with Gasteiger partial charge < -0.3 is 4.74 Å². The molecule has 2 N–H and O–H groups in total. The van der Waals surface area contributed by atoms with Crippen molar-refractivity contribution in [2.75, 3.05) is 6.61 Å². The first kappa shape index (κ1) is 16.4. The highest BCUT2D eigenvalue weighted by molar-refractivity contribution is 9.10. The molecule has 0 radical (unpaired) electrons. The molecule has 1 aromatic rings. The number of rotatable bonds is 5. The molecule has 0 saturated carbocycles. The average molecular weight is 371 g/mol. The monoisotopic (exact) mass is 369 g/mol. The number of benzene rings is 1. The SMILES string of the molecule is CCCCOC(=O)c1cc(S(N)(=O)=O)cc(Br)c1Cl. The number of esters is 1. The molecular formula is C11H13BrClNO4S. The largest absolute Gasteiger partial charge is 0.462 e. The van der Waals surface area contributed by atoms with Gasteiger partial charge >= 0.3 is 5.97 Å². The molecule has 0 aliphatic carbocycles. The fraction of sp³-hybridized carbons (Fsp3) is 0.364. The summed E-state index contributed by atoms with van der Waals surface area (Å²) in [6.45, 7) is 2.21. The van der Waals surface area contributed by atoms with Crippen LogP contribution in [0.2, 0.25) is 5.02 Å². The van der Waals surface area contributed by atoms with Crippen LogP contribution in [0.15, 0.2) is 21.5 Å². The van der Waals surface area contributed by atoms with Crippen LogP contribution in [0, 0.1) is 0 Å².